The van der Waals surface area contributed by atoms with Crippen LogP contribution in [0.1, 0.15) is 19.4 Å². The number of anilines is 2. The van der Waals surface area contributed by atoms with Crippen molar-refractivity contribution in [2.24, 2.45) is 0 Å². The van der Waals surface area contributed by atoms with E-state index >= 15 is 0 Å². The molecule has 2 N–H and O–H groups in total. The summed E-state index contributed by atoms with van der Waals surface area (Å²) in [5.41, 5.74) is 8.08. The number of hydrogen-bond donors (Lipinski definition) is 1. The van der Waals surface area contributed by atoms with Crippen LogP contribution in [0, 0.1) is 0 Å². The molecule has 0 bridgehead atoms. The summed E-state index contributed by atoms with van der Waals surface area (Å²) in [5.74, 6) is -0.176. The zero-order valence-electron chi connectivity index (χ0n) is 9.76. The van der Waals surface area contributed by atoms with Gasteiger partial charge in [-0.1, -0.05) is 25.4 Å². The number of benzene rings is 1. The van der Waals surface area contributed by atoms with Crippen LogP contribution in [0.2, 0.25) is 5.02 Å². The molecule has 1 aliphatic rings. The van der Waals surface area contributed by atoms with Crippen molar-refractivity contribution in [3.63, 3.8) is 0 Å². The van der Waals surface area contributed by atoms with Crippen molar-refractivity contribution in [3.05, 3.63) is 22.7 Å². The number of hydrogen-bond acceptors (Lipinski definition) is 2. The maximum Gasteiger partial charge on any atom is 0.242 e. The summed E-state index contributed by atoms with van der Waals surface area (Å²) in [7, 11) is 0. The van der Waals surface area contributed by atoms with Crippen LogP contribution < -0.4 is 10.6 Å². The van der Waals surface area contributed by atoms with Gasteiger partial charge in [-0.05, 0) is 17.7 Å². The maximum atomic E-state index is 11.8. The average Bonchev–Trinajstić information content (AvgIpc) is 2.50. The maximum absolute atomic E-state index is 11.8. The van der Waals surface area contributed by atoms with Gasteiger partial charge in [0.25, 0.3) is 0 Å². The van der Waals surface area contributed by atoms with Crippen molar-refractivity contribution < 1.29 is 4.79 Å². The first kappa shape index (κ1) is 12.5. The van der Waals surface area contributed by atoms with Crippen molar-refractivity contribution in [2.75, 3.05) is 23.1 Å². The van der Waals surface area contributed by atoms with E-state index in [4.69, 9.17) is 28.9 Å². The Balaban J connectivity index is 2.61. The van der Waals surface area contributed by atoms with Gasteiger partial charge in [-0.3, -0.25) is 4.79 Å². The number of rotatable bonds is 1. The molecule has 1 aromatic rings. The topological polar surface area (TPSA) is 46.3 Å². The van der Waals surface area contributed by atoms with Gasteiger partial charge in [0.1, 0.15) is 5.88 Å². The largest absolute Gasteiger partial charge is 0.397 e. The molecular weight excluding hydrogens is 259 g/mol. The number of halogens is 2. The molecule has 0 spiro atoms. The first-order chi connectivity index (χ1) is 7.86. The standard InChI is InChI=1S/C12H14Cl2N2O/c1-12(2)6-16(10(17)5-13)11-8(12)3-7(14)4-9(11)15/h3-4H,5-6,15H2,1-2H3. The Bertz CT molecular complexity index is 486. The van der Waals surface area contributed by atoms with Crippen LogP contribution >= 0.6 is 23.2 Å². The molecular formula is C12H14Cl2N2O. The van der Waals surface area contributed by atoms with E-state index < -0.39 is 0 Å². The number of nitrogens with zero attached hydrogens (tertiary/aromatic N) is 1. The molecule has 17 heavy (non-hydrogen) atoms. The van der Waals surface area contributed by atoms with Gasteiger partial charge in [0.05, 0.1) is 11.4 Å². The average molecular weight is 273 g/mol. The van der Waals surface area contributed by atoms with Crippen LogP contribution in [-0.2, 0) is 10.2 Å². The van der Waals surface area contributed by atoms with Crippen LogP contribution in [-0.4, -0.2) is 18.3 Å². The molecule has 0 saturated carbocycles. The minimum absolute atomic E-state index is 0.0441. The van der Waals surface area contributed by atoms with E-state index in [0.29, 0.717) is 17.3 Å². The van der Waals surface area contributed by atoms with Crippen molar-refractivity contribution in [2.45, 2.75) is 19.3 Å². The fraction of sp³-hybridized carbons (Fsp3) is 0.417. The lowest BCUT2D eigenvalue weighted by atomic mass is 9.87. The fourth-order valence-corrected chi connectivity index (χ4v) is 2.65. The monoisotopic (exact) mass is 272 g/mol. The van der Waals surface area contributed by atoms with Gasteiger partial charge >= 0.3 is 0 Å². The van der Waals surface area contributed by atoms with E-state index in [-0.39, 0.29) is 17.2 Å². The Morgan fingerprint density at radius 1 is 1.53 bits per heavy atom. The fourth-order valence-electron chi connectivity index (χ4n) is 2.28. The Hall–Kier alpha value is -0.930. The third kappa shape index (κ3) is 1.98. The summed E-state index contributed by atoms with van der Waals surface area (Å²) in [5, 5.41) is 0.592. The van der Waals surface area contributed by atoms with Crippen molar-refractivity contribution in [1.29, 1.82) is 0 Å². The van der Waals surface area contributed by atoms with Crippen LogP contribution in [0.5, 0.6) is 0 Å². The highest BCUT2D eigenvalue weighted by Gasteiger charge is 2.39. The van der Waals surface area contributed by atoms with Crippen molar-refractivity contribution in [1.82, 2.24) is 0 Å². The van der Waals surface area contributed by atoms with Gasteiger partial charge in [0, 0.05) is 17.0 Å². The summed E-state index contributed by atoms with van der Waals surface area (Å²) >= 11 is 11.6. The molecule has 0 atom stereocenters. The van der Waals surface area contributed by atoms with Gasteiger partial charge < -0.3 is 10.6 Å². The van der Waals surface area contributed by atoms with Gasteiger partial charge in [0.2, 0.25) is 5.91 Å². The molecule has 0 fully saturated rings. The van der Waals surface area contributed by atoms with E-state index in [1.807, 2.05) is 6.07 Å². The third-order valence-corrected chi connectivity index (χ3v) is 3.52. The quantitative estimate of drug-likeness (QED) is 0.631. The first-order valence-corrected chi connectivity index (χ1v) is 6.24. The smallest absolute Gasteiger partial charge is 0.242 e. The second-order valence-corrected chi connectivity index (χ2v) is 5.59. The molecule has 0 saturated heterocycles. The SMILES string of the molecule is CC1(C)CN(C(=O)CCl)c2c(N)cc(Cl)cc21. The molecule has 5 heteroatoms. The van der Waals surface area contributed by atoms with Crippen LogP contribution in [0.25, 0.3) is 0 Å². The van der Waals surface area contributed by atoms with E-state index in [1.165, 1.54) is 0 Å². The highest BCUT2D eigenvalue weighted by atomic mass is 35.5. The summed E-state index contributed by atoms with van der Waals surface area (Å²) in [6.45, 7) is 4.70. The number of alkyl halides is 1. The molecule has 0 aromatic heterocycles. The Morgan fingerprint density at radius 2 is 2.18 bits per heavy atom. The second-order valence-electron chi connectivity index (χ2n) is 4.89. The number of carbonyl (C=O) groups excluding carboxylic acids is 1. The van der Waals surface area contributed by atoms with Crippen LogP contribution in [0.3, 0.4) is 0 Å². The Morgan fingerprint density at radius 3 is 2.76 bits per heavy atom. The summed E-state index contributed by atoms with van der Waals surface area (Å²) in [4.78, 5) is 13.5. The zero-order chi connectivity index (χ0) is 12.8. The summed E-state index contributed by atoms with van der Waals surface area (Å²) in [6.07, 6.45) is 0. The Labute approximate surface area is 110 Å². The lowest BCUT2D eigenvalue weighted by Gasteiger charge is -2.20. The minimum Gasteiger partial charge on any atom is -0.397 e. The van der Waals surface area contributed by atoms with Crippen LogP contribution in [0.4, 0.5) is 11.4 Å². The van der Waals surface area contributed by atoms with Crippen LogP contribution in [0.15, 0.2) is 12.1 Å². The molecule has 0 radical (unpaired) electrons. The normalized spacial score (nSPS) is 17.1. The Kier molecular flexibility index (Phi) is 3.00. The van der Waals surface area contributed by atoms with Gasteiger partial charge in [-0.2, -0.15) is 0 Å². The molecule has 1 aliphatic heterocycles. The predicted octanol–water partition coefficient (Wildman–Crippen LogP) is 2.79. The summed E-state index contributed by atoms with van der Waals surface area (Å²) in [6, 6.07) is 3.53. The number of amides is 1. The number of fused-ring (bicyclic) bond motifs is 1. The highest BCUT2D eigenvalue weighted by Crippen LogP contribution is 2.45. The molecule has 0 aliphatic carbocycles. The van der Waals surface area contributed by atoms with E-state index in [9.17, 15) is 4.79 Å². The predicted molar refractivity (Wildman–Crippen MR) is 72.0 cm³/mol. The number of carbonyl (C=O) groups is 1. The lowest BCUT2D eigenvalue weighted by molar-refractivity contribution is -0.116. The molecule has 1 heterocycles. The first-order valence-electron chi connectivity index (χ1n) is 5.32. The molecule has 0 unspecified atom stereocenters. The molecule has 1 amide bonds. The number of nitrogen functional groups attached to an aromatic ring is 1. The molecule has 2 rings (SSSR count). The zero-order valence-corrected chi connectivity index (χ0v) is 11.3. The second kappa shape index (κ2) is 4.07. The third-order valence-electron chi connectivity index (χ3n) is 3.07. The van der Waals surface area contributed by atoms with Gasteiger partial charge in [-0.15, -0.1) is 11.6 Å². The summed E-state index contributed by atoms with van der Waals surface area (Å²) < 4.78 is 0. The van der Waals surface area contributed by atoms with E-state index in [0.717, 1.165) is 11.3 Å². The van der Waals surface area contributed by atoms with E-state index in [1.54, 1.807) is 11.0 Å². The van der Waals surface area contributed by atoms with Gasteiger partial charge in [-0.25, -0.2) is 0 Å². The van der Waals surface area contributed by atoms with Crippen molar-refractivity contribution >= 4 is 40.5 Å². The van der Waals surface area contributed by atoms with Gasteiger partial charge in [0.15, 0.2) is 0 Å². The lowest BCUT2D eigenvalue weighted by Crippen LogP contribution is -2.34. The molecule has 1 aromatic carbocycles. The highest BCUT2D eigenvalue weighted by molar-refractivity contribution is 6.32. The molecule has 3 nitrogen and oxygen atoms in total. The van der Waals surface area contributed by atoms with E-state index in [2.05, 4.69) is 13.8 Å². The number of nitrogens with two attached hydrogens (primary N) is 1. The minimum atomic E-state index is -0.157. The van der Waals surface area contributed by atoms with Crippen molar-refractivity contribution in [3.8, 4) is 0 Å². The molecule has 92 valence electrons.